The number of ether oxygens (including phenoxy) is 2. The van der Waals surface area contributed by atoms with Crippen molar-refractivity contribution in [3.05, 3.63) is 66.7 Å². The van der Waals surface area contributed by atoms with E-state index in [9.17, 15) is 19.2 Å². The summed E-state index contributed by atoms with van der Waals surface area (Å²) in [4.78, 5) is 52.7. The molecule has 1 aliphatic heterocycles. The Morgan fingerprint density at radius 3 is 2.08 bits per heavy atom. The Balaban J connectivity index is 1.17. The second-order valence-electron chi connectivity index (χ2n) is 9.83. The molecule has 8 heteroatoms. The molecule has 2 bridgehead atoms. The third-order valence-electron chi connectivity index (χ3n) is 7.12. The van der Waals surface area contributed by atoms with Crippen molar-refractivity contribution in [3.63, 3.8) is 0 Å². The molecule has 0 spiro atoms. The van der Waals surface area contributed by atoms with Crippen LogP contribution in [0.4, 0.5) is 5.69 Å². The summed E-state index contributed by atoms with van der Waals surface area (Å²) in [6, 6.07) is 15.0. The number of nitrogens with one attached hydrogen (secondary N) is 1. The Kier molecular flexibility index (Phi) is 6.35. The van der Waals surface area contributed by atoms with Crippen LogP contribution >= 0.6 is 0 Å². The van der Waals surface area contributed by atoms with Crippen molar-refractivity contribution >= 4 is 29.4 Å². The molecule has 0 aromatic heterocycles. The number of amides is 3. The molecule has 3 aliphatic rings. The molecule has 8 nitrogen and oxygen atoms in total. The average molecular weight is 489 g/mol. The molecular formula is C28H28N2O6. The number of fused-ring (bicyclic) bond motifs is 5. The molecular weight excluding hydrogens is 460 g/mol. The van der Waals surface area contributed by atoms with Crippen molar-refractivity contribution in [2.24, 2.45) is 29.6 Å². The minimum absolute atomic E-state index is 0.0561. The number of carbonyl (C=O) groups is 4. The first-order valence-electron chi connectivity index (χ1n) is 12.2. The highest BCUT2D eigenvalue weighted by molar-refractivity contribution is 6.09. The second-order valence-corrected chi connectivity index (χ2v) is 9.83. The van der Waals surface area contributed by atoms with Crippen molar-refractivity contribution < 1.29 is 28.7 Å². The van der Waals surface area contributed by atoms with Gasteiger partial charge in [-0.25, -0.2) is 4.79 Å². The minimum atomic E-state index is -1.06. The van der Waals surface area contributed by atoms with Crippen LogP contribution in [0.3, 0.4) is 0 Å². The van der Waals surface area contributed by atoms with E-state index in [0.717, 1.165) is 11.3 Å². The average Bonchev–Trinajstić information content (AvgIpc) is 3.55. The number of nitrogens with zero attached hydrogens (tertiary/aromatic N) is 1. The molecule has 186 valence electrons. The summed E-state index contributed by atoms with van der Waals surface area (Å²) in [5, 5.41) is 2.67. The lowest BCUT2D eigenvalue weighted by Crippen LogP contribution is -2.50. The van der Waals surface area contributed by atoms with E-state index in [1.54, 1.807) is 38.1 Å². The summed E-state index contributed by atoms with van der Waals surface area (Å²) < 4.78 is 11.0. The smallest absolute Gasteiger partial charge is 0.330 e. The third-order valence-corrected chi connectivity index (χ3v) is 7.12. The van der Waals surface area contributed by atoms with Gasteiger partial charge in [-0.3, -0.25) is 19.3 Å². The molecule has 0 radical (unpaired) electrons. The Morgan fingerprint density at radius 2 is 1.50 bits per heavy atom. The van der Waals surface area contributed by atoms with E-state index in [1.165, 1.54) is 0 Å². The number of benzene rings is 2. The fourth-order valence-electron chi connectivity index (χ4n) is 5.53. The van der Waals surface area contributed by atoms with E-state index in [2.05, 4.69) is 5.32 Å². The highest BCUT2D eigenvalue weighted by atomic mass is 16.5. The van der Waals surface area contributed by atoms with Crippen LogP contribution in [0.25, 0.3) is 0 Å². The predicted molar refractivity (Wildman–Crippen MR) is 131 cm³/mol. The maximum absolute atomic E-state index is 13.1. The number of hydrogen-bond donors (Lipinski definition) is 1. The summed E-state index contributed by atoms with van der Waals surface area (Å²) in [6.07, 6.45) is 4.83. The molecule has 1 saturated heterocycles. The van der Waals surface area contributed by atoms with Gasteiger partial charge in [-0.1, -0.05) is 44.2 Å². The lowest BCUT2D eigenvalue weighted by atomic mass is 9.85. The van der Waals surface area contributed by atoms with Crippen molar-refractivity contribution in [1.29, 1.82) is 0 Å². The summed E-state index contributed by atoms with van der Waals surface area (Å²) >= 11 is 0. The first-order chi connectivity index (χ1) is 17.3. The molecule has 5 rings (SSSR count). The zero-order valence-corrected chi connectivity index (χ0v) is 20.1. The van der Waals surface area contributed by atoms with Crippen LogP contribution in [0.1, 0.15) is 20.3 Å². The standard InChI is InChI=1S/C28H28N2O6/c1-16(2)25(30-26(32)23-17-8-9-18(14-17)24(23)27(30)33)28(34)35-15-22(31)29-19-10-12-21(13-11-19)36-20-6-4-3-5-7-20/h3-13,16-18,23-25H,14-15H2,1-2H3,(H,29,31)/t17-,18-,23-,24-,25+/m0/s1. The van der Waals surface area contributed by atoms with Gasteiger partial charge in [0.05, 0.1) is 11.8 Å². The summed E-state index contributed by atoms with van der Waals surface area (Å²) in [7, 11) is 0. The van der Waals surface area contributed by atoms with Crippen LogP contribution in [0.15, 0.2) is 66.7 Å². The minimum Gasteiger partial charge on any atom is -0.457 e. The normalized spacial score (nSPS) is 24.7. The van der Waals surface area contributed by atoms with Crippen LogP contribution in [0, 0.1) is 29.6 Å². The molecule has 2 aromatic carbocycles. The number of esters is 1. The second kappa shape index (κ2) is 9.60. The van der Waals surface area contributed by atoms with E-state index in [-0.39, 0.29) is 29.6 Å². The molecule has 1 N–H and O–H groups in total. The Hall–Kier alpha value is -3.94. The number of carbonyl (C=O) groups excluding carboxylic acids is 4. The van der Waals surface area contributed by atoms with Crippen molar-refractivity contribution in [1.82, 2.24) is 4.90 Å². The maximum atomic E-state index is 13.1. The number of allylic oxidation sites excluding steroid dienone is 2. The summed E-state index contributed by atoms with van der Waals surface area (Å²) in [6.45, 7) is 2.99. The number of imide groups is 1. The largest absolute Gasteiger partial charge is 0.457 e. The molecule has 1 saturated carbocycles. The molecule has 1 heterocycles. The van der Waals surface area contributed by atoms with Crippen molar-refractivity contribution in [3.8, 4) is 11.5 Å². The number of hydrogen-bond acceptors (Lipinski definition) is 6. The molecule has 0 unspecified atom stereocenters. The number of rotatable bonds is 8. The van der Waals surface area contributed by atoms with Gasteiger partial charge in [0.15, 0.2) is 6.61 Å². The molecule has 36 heavy (non-hydrogen) atoms. The van der Waals surface area contributed by atoms with Gasteiger partial charge >= 0.3 is 5.97 Å². The number of anilines is 1. The van der Waals surface area contributed by atoms with Gasteiger partial charge in [-0.15, -0.1) is 0 Å². The third kappa shape index (κ3) is 4.39. The number of likely N-dealkylation sites (tertiary alicyclic amines) is 1. The lowest BCUT2D eigenvalue weighted by molar-refractivity contribution is -0.162. The van der Waals surface area contributed by atoms with E-state index in [0.29, 0.717) is 17.2 Å². The van der Waals surface area contributed by atoms with E-state index < -0.39 is 36.4 Å². The monoisotopic (exact) mass is 488 g/mol. The van der Waals surface area contributed by atoms with Gasteiger partial charge in [-0.2, -0.15) is 0 Å². The Labute approximate surface area is 209 Å². The highest BCUT2D eigenvalue weighted by Gasteiger charge is 2.61. The Morgan fingerprint density at radius 1 is 0.917 bits per heavy atom. The van der Waals surface area contributed by atoms with Gasteiger partial charge in [0.1, 0.15) is 17.5 Å². The van der Waals surface area contributed by atoms with Gasteiger partial charge in [0.2, 0.25) is 11.8 Å². The molecule has 2 aromatic rings. The quantitative estimate of drug-likeness (QED) is 0.345. The first kappa shape index (κ1) is 23.8. The van der Waals surface area contributed by atoms with Crippen LogP contribution < -0.4 is 10.1 Å². The zero-order valence-electron chi connectivity index (χ0n) is 20.1. The SMILES string of the molecule is CC(C)[C@H](C(=O)OCC(=O)Nc1ccc(Oc2ccccc2)cc1)N1C(=O)[C@@H]2[C@@H](C1=O)[C@H]1C=C[C@H]2C1. The van der Waals surface area contributed by atoms with E-state index in [1.807, 2.05) is 42.5 Å². The highest BCUT2D eigenvalue weighted by Crippen LogP contribution is 2.53. The van der Waals surface area contributed by atoms with Crippen LogP contribution in [-0.4, -0.2) is 41.2 Å². The molecule has 2 aliphatic carbocycles. The fourth-order valence-corrected chi connectivity index (χ4v) is 5.53. The molecule has 2 fully saturated rings. The van der Waals surface area contributed by atoms with Crippen LogP contribution in [0.5, 0.6) is 11.5 Å². The van der Waals surface area contributed by atoms with E-state index in [4.69, 9.17) is 9.47 Å². The van der Waals surface area contributed by atoms with Gasteiger partial charge in [-0.05, 0) is 60.6 Å². The molecule has 3 amide bonds. The van der Waals surface area contributed by atoms with Gasteiger partial charge < -0.3 is 14.8 Å². The first-order valence-corrected chi connectivity index (χ1v) is 12.2. The van der Waals surface area contributed by atoms with Crippen LogP contribution in [0.2, 0.25) is 0 Å². The van der Waals surface area contributed by atoms with Gasteiger partial charge in [0, 0.05) is 5.69 Å². The predicted octanol–water partition coefficient (Wildman–Crippen LogP) is 3.79. The fraction of sp³-hybridized carbons (Fsp3) is 0.357. The Bertz CT molecular complexity index is 1180. The van der Waals surface area contributed by atoms with Crippen LogP contribution in [-0.2, 0) is 23.9 Å². The maximum Gasteiger partial charge on any atom is 0.330 e. The molecule has 5 atom stereocenters. The van der Waals surface area contributed by atoms with Crippen molar-refractivity contribution in [2.75, 3.05) is 11.9 Å². The zero-order chi connectivity index (χ0) is 25.4. The van der Waals surface area contributed by atoms with Crippen molar-refractivity contribution in [2.45, 2.75) is 26.3 Å². The number of para-hydroxylation sites is 1. The van der Waals surface area contributed by atoms with E-state index >= 15 is 0 Å². The summed E-state index contributed by atoms with van der Waals surface area (Å²) in [5.74, 6) is -1.61. The summed E-state index contributed by atoms with van der Waals surface area (Å²) in [5.41, 5.74) is 0.512. The van der Waals surface area contributed by atoms with Gasteiger partial charge in [0.25, 0.3) is 5.91 Å². The lowest BCUT2D eigenvalue weighted by Gasteiger charge is -2.28. The topological polar surface area (TPSA) is 102 Å².